The first-order valence-electron chi connectivity index (χ1n) is 7.54. The molecule has 0 aliphatic heterocycles. The zero-order valence-corrected chi connectivity index (χ0v) is 13.5. The lowest BCUT2D eigenvalue weighted by molar-refractivity contribution is 0.141. The fourth-order valence-corrected chi connectivity index (χ4v) is 2.14. The number of ether oxygens (including phenoxy) is 1. The van der Waals surface area contributed by atoms with Crippen molar-refractivity contribution < 1.29 is 9.53 Å². The van der Waals surface area contributed by atoms with Gasteiger partial charge in [0.1, 0.15) is 6.61 Å². The molecule has 0 atom stereocenters. The van der Waals surface area contributed by atoms with E-state index in [1.165, 1.54) is 0 Å². The summed E-state index contributed by atoms with van der Waals surface area (Å²) in [6.45, 7) is 0.704. The third kappa shape index (κ3) is 5.51. The van der Waals surface area contributed by atoms with E-state index in [0.717, 1.165) is 16.8 Å². The van der Waals surface area contributed by atoms with E-state index in [-0.39, 0.29) is 6.61 Å². The maximum Gasteiger partial charge on any atom is 0.407 e. The molecule has 2 rings (SSSR count). The van der Waals surface area contributed by atoms with E-state index in [9.17, 15) is 4.79 Å². The summed E-state index contributed by atoms with van der Waals surface area (Å²) in [5, 5.41) is 2.71. The van der Waals surface area contributed by atoms with Gasteiger partial charge < -0.3 is 15.0 Å². The minimum atomic E-state index is -0.417. The van der Waals surface area contributed by atoms with E-state index < -0.39 is 6.09 Å². The first kappa shape index (κ1) is 16.6. The number of anilines is 1. The second-order valence-corrected chi connectivity index (χ2v) is 5.30. The van der Waals surface area contributed by atoms with Crippen molar-refractivity contribution in [3.8, 4) is 0 Å². The fourth-order valence-electron chi connectivity index (χ4n) is 2.14. The average Bonchev–Trinajstić information content (AvgIpc) is 2.58. The Labute approximate surface area is 137 Å². The lowest BCUT2D eigenvalue weighted by Crippen LogP contribution is -2.24. The van der Waals surface area contributed by atoms with Crippen LogP contribution in [0.25, 0.3) is 6.08 Å². The number of nitrogens with one attached hydrogen (secondary N) is 1. The van der Waals surface area contributed by atoms with E-state index in [1.54, 1.807) is 0 Å². The zero-order chi connectivity index (χ0) is 16.5. The van der Waals surface area contributed by atoms with E-state index >= 15 is 0 Å². The lowest BCUT2D eigenvalue weighted by atomic mass is 10.1. The molecule has 2 aromatic rings. The van der Waals surface area contributed by atoms with Gasteiger partial charge in [0.25, 0.3) is 0 Å². The number of benzene rings is 2. The number of hydrogen-bond donors (Lipinski definition) is 1. The third-order valence-electron chi connectivity index (χ3n) is 3.29. The van der Waals surface area contributed by atoms with Gasteiger partial charge in [-0.2, -0.15) is 0 Å². The summed E-state index contributed by atoms with van der Waals surface area (Å²) < 4.78 is 5.15. The second-order valence-electron chi connectivity index (χ2n) is 5.30. The molecule has 1 amide bonds. The maximum atomic E-state index is 11.6. The molecule has 0 radical (unpaired) electrons. The van der Waals surface area contributed by atoms with Crippen LogP contribution in [0, 0.1) is 0 Å². The number of carbonyl (C=O) groups excluding carboxylic acids is 1. The van der Waals surface area contributed by atoms with Crippen LogP contribution in [0.3, 0.4) is 0 Å². The standard InChI is InChI=1S/C19H22N2O2/c1-21(2)18-13-7-6-11-17(18)12-8-14-20-19(22)23-15-16-9-4-3-5-10-16/h3-13H,14-15H2,1-2H3,(H,20,22). The molecule has 0 spiro atoms. The monoisotopic (exact) mass is 310 g/mol. The van der Waals surface area contributed by atoms with Crippen molar-refractivity contribution >= 4 is 17.9 Å². The van der Waals surface area contributed by atoms with Gasteiger partial charge in [0, 0.05) is 26.3 Å². The maximum absolute atomic E-state index is 11.6. The Hall–Kier alpha value is -2.75. The van der Waals surface area contributed by atoms with Crippen molar-refractivity contribution in [2.45, 2.75) is 6.61 Å². The molecule has 2 aromatic carbocycles. The van der Waals surface area contributed by atoms with Crippen LogP contribution in [-0.4, -0.2) is 26.7 Å². The molecule has 0 aliphatic carbocycles. The van der Waals surface area contributed by atoms with Crippen LogP contribution in [0.4, 0.5) is 10.5 Å². The van der Waals surface area contributed by atoms with Crippen LogP contribution >= 0.6 is 0 Å². The summed E-state index contributed by atoms with van der Waals surface area (Å²) >= 11 is 0. The molecule has 4 heteroatoms. The van der Waals surface area contributed by atoms with Gasteiger partial charge in [0.2, 0.25) is 0 Å². The van der Waals surface area contributed by atoms with Gasteiger partial charge in [-0.3, -0.25) is 0 Å². The normalized spacial score (nSPS) is 10.5. The van der Waals surface area contributed by atoms with Gasteiger partial charge in [0.05, 0.1) is 0 Å². The van der Waals surface area contributed by atoms with Gasteiger partial charge in [0.15, 0.2) is 0 Å². The van der Waals surface area contributed by atoms with Crippen molar-refractivity contribution in [2.75, 3.05) is 25.5 Å². The van der Waals surface area contributed by atoms with E-state index in [4.69, 9.17) is 4.74 Å². The Balaban J connectivity index is 1.77. The number of amides is 1. The highest BCUT2D eigenvalue weighted by Crippen LogP contribution is 2.18. The SMILES string of the molecule is CN(C)c1ccccc1C=CCNC(=O)OCc1ccccc1. The Bertz CT molecular complexity index is 651. The molecule has 0 fully saturated rings. The summed E-state index contributed by atoms with van der Waals surface area (Å²) in [6, 6.07) is 17.7. The van der Waals surface area contributed by atoms with Crippen molar-refractivity contribution in [2.24, 2.45) is 0 Å². The molecule has 0 heterocycles. The van der Waals surface area contributed by atoms with Crippen LogP contribution in [0.15, 0.2) is 60.7 Å². The molecule has 120 valence electrons. The fraction of sp³-hybridized carbons (Fsp3) is 0.211. The molecule has 0 aliphatic rings. The Morgan fingerprint density at radius 1 is 1.09 bits per heavy atom. The van der Waals surface area contributed by atoms with Gasteiger partial charge in [-0.25, -0.2) is 4.79 Å². The molecule has 0 saturated heterocycles. The Morgan fingerprint density at radius 3 is 2.52 bits per heavy atom. The summed E-state index contributed by atoms with van der Waals surface area (Å²) in [6.07, 6.45) is 3.48. The number of para-hydroxylation sites is 1. The highest BCUT2D eigenvalue weighted by molar-refractivity contribution is 5.69. The first-order chi connectivity index (χ1) is 11.2. The van der Waals surface area contributed by atoms with E-state index in [1.807, 2.05) is 74.8 Å². The molecular weight excluding hydrogens is 288 g/mol. The second kappa shape index (κ2) is 8.63. The number of rotatable bonds is 6. The first-order valence-corrected chi connectivity index (χ1v) is 7.54. The predicted molar refractivity (Wildman–Crippen MR) is 94.4 cm³/mol. The summed E-state index contributed by atoms with van der Waals surface area (Å²) in [4.78, 5) is 13.7. The van der Waals surface area contributed by atoms with Crippen molar-refractivity contribution in [3.05, 3.63) is 71.8 Å². The molecule has 0 bridgehead atoms. The smallest absolute Gasteiger partial charge is 0.407 e. The molecule has 0 unspecified atom stereocenters. The average molecular weight is 310 g/mol. The van der Waals surface area contributed by atoms with Crippen LogP contribution in [0.2, 0.25) is 0 Å². The molecule has 23 heavy (non-hydrogen) atoms. The molecule has 0 aromatic heterocycles. The topological polar surface area (TPSA) is 41.6 Å². The van der Waals surface area contributed by atoms with Crippen LogP contribution in [-0.2, 0) is 11.3 Å². The molecule has 0 saturated carbocycles. The number of hydrogen-bond acceptors (Lipinski definition) is 3. The zero-order valence-electron chi connectivity index (χ0n) is 13.5. The highest BCUT2D eigenvalue weighted by Gasteiger charge is 2.01. The van der Waals surface area contributed by atoms with Gasteiger partial charge >= 0.3 is 6.09 Å². The van der Waals surface area contributed by atoms with Gasteiger partial charge in [-0.15, -0.1) is 0 Å². The number of nitrogens with zero attached hydrogens (tertiary/aromatic N) is 1. The minimum absolute atomic E-state index is 0.278. The Kier molecular flexibility index (Phi) is 6.24. The summed E-state index contributed by atoms with van der Waals surface area (Å²) in [5.74, 6) is 0. The largest absolute Gasteiger partial charge is 0.445 e. The third-order valence-corrected chi connectivity index (χ3v) is 3.29. The van der Waals surface area contributed by atoms with Gasteiger partial charge in [-0.1, -0.05) is 60.7 Å². The summed E-state index contributed by atoms with van der Waals surface area (Å²) in [7, 11) is 4.01. The molecule has 4 nitrogen and oxygen atoms in total. The summed E-state index contributed by atoms with van der Waals surface area (Å²) in [5.41, 5.74) is 3.21. The number of alkyl carbamates (subject to hydrolysis) is 1. The van der Waals surface area contributed by atoms with Crippen molar-refractivity contribution in [1.82, 2.24) is 5.32 Å². The molecule has 1 N–H and O–H groups in total. The molecular formula is C19H22N2O2. The van der Waals surface area contributed by atoms with Crippen LogP contribution < -0.4 is 10.2 Å². The number of carbonyl (C=O) groups is 1. The van der Waals surface area contributed by atoms with Crippen LogP contribution in [0.5, 0.6) is 0 Å². The highest BCUT2D eigenvalue weighted by atomic mass is 16.5. The minimum Gasteiger partial charge on any atom is -0.445 e. The van der Waals surface area contributed by atoms with Crippen LogP contribution in [0.1, 0.15) is 11.1 Å². The predicted octanol–water partition coefficient (Wildman–Crippen LogP) is 3.69. The quantitative estimate of drug-likeness (QED) is 0.884. The van der Waals surface area contributed by atoms with Gasteiger partial charge in [-0.05, 0) is 17.2 Å². The van der Waals surface area contributed by atoms with Crippen molar-refractivity contribution in [1.29, 1.82) is 0 Å². The lowest BCUT2D eigenvalue weighted by Gasteiger charge is -2.15. The Morgan fingerprint density at radius 2 is 1.78 bits per heavy atom. The van der Waals surface area contributed by atoms with Crippen molar-refractivity contribution in [3.63, 3.8) is 0 Å². The van der Waals surface area contributed by atoms with E-state index in [2.05, 4.69) is 16.3 Å². The van der Waals surface area contributed by atoms with E-state index in [0.29, 0.717) is 6.54 Å².